The molecule has 0 bridgehead atoms. The van der Waals surface area contributed by atoms with Gasteiger partial charge in [0.2, 0.25) is 0 Å². The summed E-state index contributed by atoms with van der Waals surface area (Å²) in [4.78, 5) is 2.37. The van der Waals surface area contributed by atoms with Crippen LogP contribution in [0.1, 0.15) is 20.8 Å². The van der Waals surface area contributed by atoms with Crippen LogP contribution in [0.2, 0.25) is 11.6 Å². The molecule has 0 radical (unpaired) electrons. The second-order valence-corrected chi connectivity index (χ2v) is 10.6. The number of nitrogens with zero attached hydrogens (tertiary/aromatic N) is 1. The first-order valence-electron chi connectivity index (χ1n) is 6.08. The van der Waals surface area contributed by atoms with Gasteiger partial charge in [0.05, 0.1) is 0 Å². The van der Waals surface area contributed by atoms with E-state index in [0.717, 1.165) is 37.7 Å². The summed E-state index contributed by atoms with van der Waals surface area (Å²) in [6.07, 6.45) is 0. The molecule has 0 N–H and O–H groups in total. The van der Waals surface area contributed by atoms with Gasteiger partial charge in [-0.25, -0.2) is 0 Å². The largest absolute Gasteiger partial charge is 0.418 e. The van der Waals surface area contributed by atoms with E-state index in [4.69, 9.17) is 4.43 Å². The van der Waals surface area contributed by atoms with Crippen LogP contribution in [0.25, 0.3) is 0 Å². The summed E-state index contributed by atoms with van der Waals surface area (Å²) in [5.41, 5.74) is 0. The van der Waals surface area contributed by atoms with Gasteiger partial charge in [0.1, 0.15) is 0 Å². The van der Waals surface area contributed by atoms with Gasteiger partial charge in [0.15, 0.2) is 9.04 Å². The second-order valence-electron chi connectivity index (χ2n) is 5.57. The molecule has 5 heteroatoms. The van der Waals surface area contributed by atoms with Gasteiger partial charge in [0.25, 0.3) is 0 Å². The third-order valence-electron chi connectivity index (χ3n) is 3.27. The molecule has 0 amide bonds. The molecule has 1 aliphatic heterocycles. The summed E-state index contributed by atoms with van der Waals surface area (Å²) in [5.74, 6) is 1.68. The van der Waals surface area contributed by atoms with Crippen molar-refractivity contribution in [2.24, 2.45) is 0 Å². The molecular weight excluding hydrogens is 238 g/mol. The topological polar surface area (TPSA) is 29.5 Å². The summed E-state index contributed by atoms with van der Waals surface area (Å²) in [7, 11) is -1.62. The van der Waals surface area contributed by atoms with E-state index in [1.807, 2.05) is 0 Å². The molecule has 1 fully saturated rings. The Morgan fingerprint density at radius 3 is 2.38 bits per heavy atom. The molecule has 1 heterocycles. The third-order valence-corrected chi connectivity index (χ3v) is 7.72. The van der Waals surface area contributed by atoms with Gasteiger partial charge in [-0.1, -0.05) is 20.8 Å². The van der Waals surface area contributed by atoms with Crippen LogP contribution < -0.4 is 0 Å². The first-order chi connectivity index (χ1) is 7.39. The van der Waals surface area contributed by atoms with Crippen molar-refractivity contribution in [1.29, 1.82) is 0 Å². The van der Waals surface area contributed by atoms with Crippen LogP contribution in [-0.4, -0.2) is 55.9 Å². The van der Waals surface area contributed by atoms with E-state index < -0.39 is 19.8 Å². The standard InChI is InChI=1S/C11H25NO2SSi/c1-11(2,3)16(4)14-8-5-12-6-9-15(13)10-7-12/h16H,5-10H2,1-4H3. The summed E-state index contributed by atoms with van der Waals surface area (Å²) >= 11 is 0. The van der Waals surface area contributed by atoms with Gasteiger partial charge in [-0.15, -0.1) is 0 Å². The minimum atomic E-state index is -1.06. The van der Waals surface area contributed by atoms with Crippen LogP contribution >= 0.6 is 0 Å². The summed E-state index contributed by atoms with van der Waals surface area (Å²) in [5, 5.41) is 0.351. The van der Waals surface area contributed by atoms with Gasteiger partial charge in [0, 0.05) is 48.5 Å². The summed E-state index contributed by atoms with van der Waals surface area (Å²) < 4.78 is 17.1. The Kier molecular flexibility index (Phi) is 5.63. The van der Waals surface area contributed by atoms with Gasteiger partial charge in [-0.2, -0.15) is 0 Å². The minimum Gasteiger partial charge on any atom is -0.418 e. The van der Waals surface area contributed by atoms with Crippen molar-refractivity contribution in [3.05, 3.63) is 0 Å². The molecule has 1 unspecified atom stereocenters. The third kappa shape index (κ3) is 5.08. The fourth-order valence-electron chi connectivity index (χ4n) is 1.51. The van der Waals surface area contributed by atoms with E-state index in [-0.39, 0.29) is 0 Å². The maximum atomic E-state index is 11.2. The van der Waals surface area contributed by atoms with E-state index in [2.05, 4.69) is 32.2 Å². The fourth-order valence-corrected chi connectivity index (χ4v) is 3.59. The van der Waals surface area contributed by atoms with E-state index in [0.29, 0.717) is 5.04 Å². The SMILES string of the molecule is C[SiH](OCCN1CCS(=O)CC1)C(C)(C)C. The molecule has 0 aliphatic carbocycles. The Hall–Kier alpha value is 0.287. The second kappa shape index (κ2) is 6.28. The van der Waals surface area contributed by atoms with Crippen LogP contribution in [0.4, 0.5) is 0 Å². The van der Waals surface area contributed by atoms with E-state index in [1.54, 1.807) is 0 Å². The molecule has 16 heavy (non-hydrogen) atoms. The summed E-state index contributed by atoms with van der Waals surface area (Å²) in [6, 6.07) is 0. The van der Waals surface area contributed by atoms with Crippen LogP contribution in [0.15, 0.2) is 0 Å². The Morgan fingerprint density at radius 2 is 1.88 bits per heavy atom. The highest BCUT2D eigenvalue weighted by Gasteiger charge is 2.23. The zero-order valence-electron chi connectivity index (χ0n) is 11.0. The lowest BCUT2D eigenvalue weighted by atomic mass is 10.3. The lowest BCUT2D eigenvalue weighted by molar-refractivity contribution is 0.216. The van der Waals surface area contributed by atoms with Gasteiger partial charge in [-0.3, -0.25) is 9.11 Å². The highest BCUT2D eigenvalue weighted by molar-refractivity contribution is 7.85. The van der Waals surface area contributed by atoms with Crippen molar-refractivity contribution < 1.29 is 8.63 Å². The van der Waals surface area contributed by atoms with Gasteiger partial charge in [-0.05, 0) is 11.6 Å². The molecule has 1 saturated heterocycles. The van der Waals surface area contributed by atoms with Crippen molar-refractivity contribution in [2.45, 2.75) is 32.4 Å². The first-order valence-corrected chi connectivity index (χ1v) is 9.77. The molecule has 1 rings (SSSR count). The predicted octanol–water partition coefficient (Wildman–Crippen LogP) is 1.22. The number of hydrogen-bond acceptors (Lipinski definition) is 3. The molecule has 3 nitrogen and oxygen atoms in total. The summed E-state index contributed by atoms with van der Waals surface area (Å²) in [6.45, 7) is 12.8. The van der Waals surface area contributed by atoms with Crippen LogP contribution in [0.3, 0.4) is 0 Å². The average Bonchev–Trinajstić information content (AvgIpc) is 2.19. The van der Waals surface area contributed by atoms with Crippen molar-refractivity contribution in [2.75, 3.05) is 37.7 Å². The normalized spacial score (nSPS) is 22.2. The monoisotopic (exact) mass is 263 g/mol. The maximum Gasteiger partial charge on any atom is 0.179 e. The Labute approximate surface area is 104 Å². The number of rotatable bonds is 4. The van der Waals surface area contributed by atoms with Crippen molar-refractivity contribution in [1.82, 2.24) is 4.90 Å². The highest BCUT2D eigenvalue weighted by Crippen LogP contribution is 2.26. The molecule has 0 saturated carbocycles. The Balaban J connectivity index is 2.14. The quantitative estimate of drug-likeness (QED) is 0.714. The maximum absolute atomic E-state index is 11.2. The van der Waals surface area contributed by atoms with E-state index in [9.17, 15) is 4.21 Å². The molecule has 0 aromatic heterocycles. The number of hydrogen-bond donors (Lipinski definition) is 0. The fraction of sp³-hybridized carbons (Fsp3) is 1.00. The van der Waals surface area contributed by atoms with Crippen LogP contribution in [-0.2, 0) is 15.2 Å². The van der Waals surface area contributed by atoms with Crippen molar-refractivity contribution in [3.8, 4) is 0 Å². The molecule has 0 aromatic carbocycles. The molecule has 96 valence electrons. The molecule has 1 atom stereocenters. The lowest BCUT2D eigenvalue weighted by Gasteiger charge is -2.29. The molecule has 0 spiro atoms. The van der Waals surface area contributed by atoms with Gasteiger partial charge < -0.3 is 4.43 Å². The Bertz CT molecular complexity index is 233. The van der Waals surface area contributed by atoms with E-state index in [1.165, 1.54) is 0 Å². The minimum absolute atomic E-state index is 0.351. The molecule has 0 aromatic rings. The predicted molar refractivity (Wildman–Crippen MR) is 73.0 cm³/mol. The van der Waals surface area contributed by atoms with Crippen molar-refractivity contribution >= 4 is 19.8 Å². The van der Waals surface area contributed by atoms with Crippen LogP contribution in [0.5, 0.6) is 0 Å². The van der Waals surface area contributed by atoms with Crippen LogP contribution in [0, 0.1) is 0 Å². The molecule has 1 aliphatic rings. The Morgan fingerprint density at radius 1 is 1.31 bits per heavy atom. The zero-order valence-corrected chi connectivity index (χ0v) is 13.0. The highest BCUT2D eigenvalue weighted by atomic mass is 32.2. The van der Waals surface area contributed by atoms with Gasteiger partial charge >= 0.3 is 0 Å². The molecular formula is C11H25NO2SSi. The smallest absolute Gasteiger partial charge is 0.179 e. The average molecular weight is 263 g/mol. The zero-order chi connectivity index (χ0) is 12.2. The lowest BCUT2D eigenvalue weighted by Crippen LogP contribution is -2.40. The van der Waals surface area contributed by atoms with Crippen molar-refractivity contribution in [3.63, 3.8) is 0 Å². The van der Waals surface area contributed by atoms with E-state index >= 15 is 0 Å². The first kappa shape index (κ1) is 14.3.